The molecule has 0 aliphatic heterocycles. The topological polar surface area (TPSA) is 81.4 Å². The predicted octanol–water partition coefficient (Wildman–Crippen LogP) is 4.93. The highest BCUT2D eigenvalue weighted by Crippen LogP contribution is 2.18. The van der Waals surface area contributed by atoms with Gasteiger partial charge in [-0.2, -0.15) is 0 Å². The fourth-order valence-electron chi connectivity index (χ4n) is 3.42. The number of ether oxygens (including phenoxy) is 1. The summed E-state index contributed by atoms with van der Waals surface area (Å²) in [6.07, 6.45) is 7.18. The zero-order valence-corrected chi connectivity index (χ0v) is 18.0. The lowest BCUT2D eigenvalue weighted by Gasteiger charge is -2.07. The number of anilines is 1. The number of imidazole rings is 1. The molecular formula is C26H21N5O2. The van der Waals surface area contributed by atoms with Crippen LogP contribution in [0.2, 0.25) is 0 Å². The maximum absolute atomic E-state index is 12.6. The van der Waals surface area contributed by atoms with Gasteiger partial charge in [0, 0.05) is 23.5 Å². The van der Waals surface area contributed by atoms with Gasteiger partial charge >= 0.3 is 0 Å². The molecule has 0 unspecified atom stereocenters. The van der Waals surface area contributed by atoms with Crippen molar-refractivity contribution in [1.82, 2.24) is 19.4 Å². The van der Waals surface area contributed by atoms with Crippen LogP contribution >= 0.6 is 0 Å². The van der Waals surface area contributed by atoms with E-state index >= 15 is 0 Å². The smallest absolute Gasteiger partial charge is 0.255 e. The number of pyridine rings is 1. The van der Waals surface area contributed by atoms with E-state index in [4.69, 9.17) is 4.74 Å². The van der Waals surface area contributed by atoms with Crippen LogP contribution in [0, 0.1) is 6.92 Å². The minimum absolute atomic E-state index is 0.242. The number of amides is 1. The van der Waals surface area contributed by atoms with Crippen molar-refractivity contribution in [2.45, 2.75) is 13.5 Å². The van der Waals surface area contributed by atoms with E-state index in [1.54, 1.807) is 36.7 Å². The lowest BCUT2D eigenvalue weighted by Crippen LogP contribution is -2.12. The van der Waals surface area contributed by atoms with Crippen molar-refractivity contribution in [1.29, 1.82) is 0 Å². The molecule has 33 heavy (non-hydrogen) atoms. The Morgan fingerprint density at radius 1 is 0.939 bits per heavy atom. The van der Waals surface area contributed by atoms with Crippen molar-refractivity contribution in [2.24, 2.45) is 0 Å². The largest absolute Gasteiger partial charge is 0.487 e. The average molecular weight is 435 g/mol. The van der Waals surface area contributed by atoms with Gasteiger partial charge in [0.05, 0.1) is 23.8 Å². The SMILES string of the molecule is Cc1ccc2nc(COc3ccc(C(=O)Nc4cnc(-c5ccccc5)nc4)cc3)cn2c1. The number of benzene rings is 2. The number of carbonyl (C=O) groups is 1. The van der Waals surface area contributed by atoms with Gasteiger partial charge in [0.15, 0.2) is 5.82 Å². The van der Waals surface area contributed by atoms with Crippen LogP contribution < -0.4 is 10.1 Å². The summed E-state index contributed by atoms with van der Waals surface area (Å²) in [6, 6.07) is 20.7. The molecule has 0 spiro atoms. The van der Waals surface area contributed by atoms with Gasteiger partial charge in [-0.25, -0.2) is 15.0 Å². The highest BCUT2D eigenvalue weighted by molar-refractivity contribution is 6.04. The fraction of sp³-hybridized carbons (Fsp3) is 0.0769. The first-order valence-corrected chi connectivity index (χ1v) is 10.5. The number of nitrogens with zero attached hydrogens (tertiary/aromatic N) is 4. The van der Waals surface area contributed by atoms with Crippen molar-refractivity contribution in [3.63, 3.8) is 0 Å². The monoisotopic (exact) mass is 435 g/mol. The molecule has 0 aliphatic carbocycles. The number of aryl methyl sites for hydroxylation is 1. The van der Waals surface area contributed by atoms with Crippen LogP contribution in [0.15, 0.2) is 91.5 Å². The molecule has 0 saturated carbocycles. The first-order valence-electron chi connectivity index (χ1n) is 10.5. The number of rotatable bonds is 6. The Morgan fingerprint density at radius 2 is 1.70 bits per heavy atom. The summed E-state index contributed by atoms with van der Waals surface area (Å²) in [5, 5.41) is 2.82. The summed E-state index contributed by atoms with van der Waals surface area (Å²) in [6.45, 7) is 2.39. The van der Waals surface area contributed by atoms with Gasteiger partial charge < -0.3 is 14.5 Å². The standard InChI is InChI=1S/C26H21N5O2/c1-18-7-12-24-29-22(16-31(24)15-18)17-33-23-10-8-20(9-11-23)26(32)30-21-13-27-25(28-14-21)19-5-3-2-4-6-19/h2-16H,17H2,1H3,(H,30,32). The summed E-state index contributed by atoms with van der Waals surface area (Å²) < 4.78 is 7.82. The van der Waals surface area contributed by atoms with E-state index in [0.717, 1.165) is 16.9 Å². The zero-order valence-electron chi connectivity index (χ0n) is 18.0. The lowest BCUT2D eigenvalue weighted by atomic mass is 10.2. The molecule has 3 heterocycles. The molecule has 7 nitrogen and oxygen atoms in total. The molecule has 0 saturated heterocycles. The zero-order chi connectivity index (χ0) is 22.6. The molecule has 0 fully saturated rings. The van der Waals surface area contributed by atoms with E-state index in [1.807, 2.05) is 66.2 Å². The average Bonchev–Trinajstić information content (AvgIpc) is 3.26. The van der Waals surface area contributed by atoms with Gasteiger partial charge in [-0.1, -0.05) is 36.4 Å². The molecule has 0 bridgehead atoms. The third-order valence-corrected chi connectivity index (χ3v) is 5.09. The second kappa shape index (κ2) is 8.92. The van der Waals surface area contributed by atoms with Gasteiger partial charge in [0.2, 0.25) is 0 Å². The minimum Gasteiger partial charge on any atom is -0.487 e. The van der Waals surface area contributed by atoms with Crippen molar-refractivity contribution in [3.8, 4) is 17.1 Å². The molecule has 0 aliphatic rings. The van der Waals surface area contributed by atoms with Crippen molar-refractivity contribution in [3.05, 3.63) is 108 Å². The van der Waals surface area contributed by atoms with Crippen LogP contribution in [0.3, 0.4) is 0 Å². The summed E-state index contributed by atoms with van der Waals surface area (Å²) in [4.78, 5) is 25.8. The van der Waals surface area contributed by atoms with Gasteiger partial charge in [0.25, 0.3) is 5.91 Å². The van der Waals surface area contributed by atoms with Crippen molar-refractivity contribution < 1.29 is 9.53 Å². The normalized spacial score (nSPS) is 10.8. The van der Waals surface area contributed by atoms with Gasteiger partial charge in [0.1, 0.15) is 18.0 Å². The van der Waals surface area contributed by atoms with Crippen LogP contribution in [-0.4, -0.2) is 25.3 Å². The lowest BCUT2D eigenvalue weighted by molar-refractivity contribution is 0.102. The Kier molecular flexibility index (Phi) is 5.51. The Labute approximate surface area is 190 Å². The third kappa shape index (κ3) is 4.72. The Bertz CT molecular complexity index is 1390. The Hall–Kier alpha value is -4.52. The number of hydrogen-bond acceptors (Lipinski definition) is 5. The second-order valence-corrected chi connectivity index (χ2v) is 7.63. The minimum atomic E-state index is -0.242. The van der Waals surface area contributed by atoms with Crippen molar-refractivity contribution in [2.75, 3.05) is 5.32 Å². The summed E-state index contributed by atoms with van der Waals surface area (Å²) in [5.74, 6) is 1.03. The molecule has 5 rings (SSSR count). The van der Waals surface area contributed by atoms with E-state index in [-0.39, 0.29) is 5.91 Å². The molecule has 2 aromatic carbocycles. The third-order valence-electron chi connectivity index (χ3n) is 5.09. The molecule has 7 heteroatoms. The number of carbonyl (C=O) groups excluding carboxylic acids is 1. The van der Waals surface area contributed by atoms with E-state index in [9.17, 15) is 4.79 Å². The molecule has 0 atom stereocenters. The van der Waals surface area contributed by atoms with Gasteiger partial charge in [-0.3, -0.25) is 4.79 Å². The summed E-state index contributed by atoms with van der Waals surface area (Å²) >= 11 is 0. The maximum Gasteiger partial charge on any atom is 0.255 e. The first-order chi connectivity index (χ1) is 16.1. The van der Waals surface area contributed by atoms with Crippen LogP contribution in [0.1, 0.15) is 21.6 Å². The van der Waals surface area contributed by atoms with E-state index in [2.05, 4.69) is 20.3 Å². The molecule has 3 aromatic heterocycles. The van der Waals surface area contributed by atoms with Crippen LogP contribution in [0.4, 0.5) is 5.69 Å². The highest BCUT2D eigenvalue weighted by Gasteiger charge is 2.09. The Morgan fingerprint density at radius 3 is 2.45 bits per heavy atom. The van der Waals surface area contributed by atoms with Crippen LogP contribution in [0.25, 0.3) is 17.0 Å². The molecule has 0 radical (unpaired) electrons. The Balaban J connectivity index is 1.19. The van der Waals surface area contributed by atoms with E-state index in [0.29, 0.717) is 29.4 Å². The van der Waals surface area contributed by atoms with E-state index < -0.39 is 0 Å². The maximum atomic E-state index is 12.6. The van der Waals surface area contributed by atoms with Gasteiger partial charge in [-0.05, 0) is 42.8 Å². The fourth-order valence-corrected chi connectivity index (χ4v) is 3.42. The number of fused-ring (bicyclic) bond motifs is 1. The van der Waals surface area contributed by atoms with E-state index in [1.165, 1.54) is 5.56 Å². The van der Waals surface area contributed by atoms with Crippen LogP contribution in [0.5, 0.6) is 5.75 Å². The second-order valence-electron chi connectivity index (χ2n) is 7.63. The predicted molar refractivity (Wildman–Crippen MR) is 126 cm³/mol. The summed E-state index contributed by atoms with van der Waals surface area (Å²) in [7, 11) is 0. The molecule has 5 aromatic rings. The molecular weight excluding hydrogens is 414 g/mol. The quantitative estimate of drug-likeness (QED) is 0.409. The van der Waals surface area contributed by atoms with Crippen molar-refractivity contribution >= 4 is 17.2 Å². The number of aromatic nitrogens is 4. The van der Waals surface area contributed by atoms with Crippen LogP contribution in [-0.2, 0) is 6.61 Å². The first kappa shape index (κ1) is 20.4. The number of nitrogens with one attached hydrogen (secondary N) is 1. The van der Waals surface area contributed by atoms with Gasteiger partial charge in [-0.15, -0.1) is 0 Å². The number of hydrogen-bond donors (Lipinski definition) is 1. The molecule has 1 N–H and O–H groups in total. The summed E-state index contributed by atoms with van der Waals surface area (Å²) in [5.41, 5.74) is 4.85. The highest BCUT2D eigenvalue weighted by atomic mass is 16.5. The molecule has 162 valence electrons. The molecule has 1 amide bonds.